The van der Waals surface area contributed by atoms with Crippen LogP contribution in [0, 0.1) is 0 Å². The van der Waals surface area contributed by atoms with E-state index in [1.54, 1.807) is 19.2 Å². The van der Waals surface area contributed by atoms with E-state index in [0.29, 0.717) is 17.4 Å². The van der Waals surface area contributed by atoms with E-state index < -0.39 is 0 Å². The summed E-state index contributed by atoms with van der Waals surface area (Å²) in [5.74, 6) is 1.49. The largest absolute Gasteiger partial charge is 0.493 e. The molecule has 0 bridgehead atoms. The smallest absolute Gasteiger partial charge is 0.328 e. The molecule has 7 heteroatoms. The number of hydrogen-bond donors (Lipinski definition) is 1. The number of aromatic nitrogens is 3. The predicted octanol–water partition coefficient (Wildman–Crippen LogP) is 3.15. The van der Waals surface area contributed by atoms with Gasteiger partial charge >= 0.3 is 6.01 Å². The van der Waals surface area contributed by atoms with Gasteiger partial charge < -0.3 is 14.8 Å². The van der Waals surface area contributed by atoms with Crippen LogP contribution in [-0.2, 0) is 0 Å². The SMILES string of the molecule is CCCNc1nc(Cl)nc(Oc2ccccc2OC)n1. The van der Waals surface area contributed by atoms with Crippen molar-refractivity contribution >= 4 is 17.5 Å². The van der Waals surface area contributed by atoms with E-state index in [1.165, 1.54) is 0 Å². The van der Waals surface area contributed by atoms with Gasteiger partial charge in [-0.2, -0.15) is 15.0 Å². The van der Waals surface area contributed by atoms with Crippen molar-refractivity contribution in [3.05, 3.63) is 29.5 Å². The van der Waals surface area contributed by atoms with Crippen molar-refractivity contribution < 1.29 is 9.47 Å². The van der Waals surface area contributed by atoms with E-state index in [4.69, 9.17) is 21.1 Å². The third-order valence-corrected chi connectivity index (χ3v) is 2.56. The van der Waals surface area contributed by atoms with Crippen LogP contribution in [0.5, 0.6) is 17.5 Å². The summed E-state index contributed by atoms with van der Waals surface area (Å²) in [7, 11) is 1.57. The van der Waals surface area contributed by atoms with E-state index in [-0.39, 0.29) is 11.3 Å². The predicted molar refractivity (Wildman–Crippen MR) is 76.7 cm³/mol. The molecule has 0 aliphatic carbocycles. The molecule has 106 valence electrons. The molecule has 0 fully saturated rings. The molecule has 0 aliphatic rings. The highest BCUT2D eigenvalue weighted by Gasteiger charge is 2.09. The standard InChI is InChI=1S/C13H15ClN4O2/c1-3-8-15-12-16-11(14)17-13(18-12)20-10-7-5-4-6-9(10)19-2/h4-7H,3,8H2,1-2H3,(H,15,16,17,18). The molecule has 0 spiro atoms. The normalized spacial score (nSPS) is 10.2. The van der Waals surface area contributed by atoms with E-state index in [0.717, 1.165) is 13.0 Å². The van der Waals surface area contributed by atoms with E-state index in [1.807, 2.05) is 19.1 Å². The van der Waals surface area contributed by atoms with Gasteiger partial charge in [0.25, 0.3) is 0 Å². The molecule has 0 saturated heterocycles. The first kappa shape index (κ1) is 14.3. The van der Waals surface area contributed by atoms with Crippen LogP contribution in [0.1, 0.15) is 13.3 Å². The van der Waals surface area contributed by atoms with Gasteiger partial charge in [0.05, 0.1) is 7.11 Å². The molecule has 0 atom stereocenters. The number of halogens is 1. The molecule has 0 aliphatic heterocycles. The van der Waals surface area contributed by atoms with Crippen molar-refractivity contribution in [2.45, 2.75) is 13.3 Å². The number of anilines is 1. The zero-order valence-corrected chi connectivity index (χ0v) is 12.0. The second-order valence-corrected chi connectivity index (χ2v) is 4.23. The number of hydrogen-bond acceptors (Lipinski definition) is 6. The van der Waals surface area contributed by atoms with E-state index >= 15 is 0 Å². The van der Waals surface area contributed by atoms with Crippen LogP contribution < -0.4 is 14.8 Å². The Morgan fingerprint density at radius 1 is 1.15 bits per heavy atom. The van der Waals surface area contributed by atoms with Gasteiger partial charge in [-0.25, -0.2) is 0 Å². The summed E-state index contributed by atoms with van der Waals surface area (Å²) in [6.07, 6.45) is 0.950. The highest BCUT2D eigenvalue weighted by Crippen LogP contribution is 2.29. The molecule has 0 radical (unpaired) electrons. The highest BCUT2D eigenvalue weighted by atomic mass is 35.5. The Kier molecular flexibility index (Phi) is 4.95. The lowest BCUT2D eigenvalue weighted by molar-refractivity contribution is 0.367. The van der Waals surface area contributed by atoms with E-state index in [9.17, 15) is 0 Å². The number of para-hydroxylation sites is 2. The van der Waals surface area contributed by atoms with Crippen molar-refractivity contribution in [3.63, 3.8) is 0 Å². The minimum Gasteiger partial charge on any atom is -0.493 e. The Labute approximate surface area is 122 Å². The average Bonchev–Trinajstić information content (AvgIpc) is 2.45. The summed E-state index contributed by atoms with van der Waals surface area (Å²) in [5, 5.41) is 3.10. The number of benzene rings is 1. The van der Waals surface area contributed by atoms with Gasteiger partial charge in [-0.15, -0.1) is 0 Å². The first-order valence-electron chi connectivity index (χ1n) is 6.19. The zero-order valence-electron chi connectivity index (χ0n) is 11.3. The molecule has 0 unspecified atom stereocenters. The minimum atomic E-state index is 0.0727. The van der Waals surface area contributed by atoms with Crippen LogP contribution in [0.2, 0.25) is 5.28 Å². The van der Waals surface area contributed by atoms with Crippen LogP contribution >= 0.6 is 11.6 Å². The number of nitrogens with zero attached hydrogens (tertiary/aromatic N) is 3. The van der Waals surface area contributed by atoms with Gasteiger partial charge in [0.15, 0.2) is 11.5 Å². The fraction of sp³-hybridized carbons (Fsp3) is 0.308. The molecule has 2 rings (SSSR count). The third-order valence-electron chi connectivity index (χ3n) is 2.39. The van der Waals surface area contributed by atoms with Crippen molar-refractivity contribution in [3.8, 4) is 17.5 Å². The van der Waals surface area contributed by atoms with Gasteiger partial charge in [0, 0.05) is 6.54 Å². The molecule has 1 N–H and O–H groups in total. The molecule has 1 heterocycles. The van der Waals surface area contributed by atoms with Gasteiger partial charge in [-0.3, -0.25) is 0 Å². The molecular formula is C13H15ClN4O2. The first-order chi connectivity index (χ1) is 9.72. The highest BCUT2D eigenvalue weighted by molar-refractivity contribution is 6.28. The number of ether oxygens (including phenoxy) is 2. The first-order valence-corrected chi connectivity index (χ1v) is 6.57. The van der Waals surface area contributed by atoms with Gasteiger partial charge in [-0.1, -0.05) is 19.1 Å². The summed E-state index contributed by atoms with van der Waals surface area (Å²) < 4.78 is 10.8. The summed E-state index contributed by atoms with van der Waals surface area (Å²) in [6, 6.07) is 7.34. The van der Waals surface area contributed by atoms with Gasteiger partial charge in [-0.05, 0) is 30.2 Å². The zero-order chi connectivity index (χ0) is 14.4. The fourth-order valence-electron chi connectivity index (χ4n) is 1.49. The Morgan fingerprint density at radius 3 is 2.60 bits per heavy atom. The molecule has 6 nitrogen and oxygen atoms in total. The maximum absolute atomic E-state index is 5.86. The Balaban J connectivity index is 2.22. The molecule has 0 saturated carbocycles. The lowest BCUT2D eigenvalue weighted by Gasteiger charge is -2.09. The van der Waals surface area contributed by atoms with Gasteiger partial charge in [0.1, 0.15) is 0 Å². The Bertz CT molecular complexity index is 580. The van der Waals surface area contributed by atoms with Crippen LogP contribution in [0.4, 0.5) is 5.95 Å². The summed E-state index contributed by atoms with van der Waals surface area (Å²) in [5.41, 5.74) is 0. The number of rotatable bonds is 6. The molecular weight excluding hydrogens is 280 g/mol. The molecule has 20 heavy (non-hydrogen) atoms. The summed E-state index contributed by atoms with van der Waals surface area (Å²) in [4.78, 5) is 12.1. The monoisotopic (exact) mass is 294 g/mol. The van der Waals surface area contributed by atoms with Crippen LogP contribution in [0.3, 0.4) is 0 Å². The fourth-order valence-corrected chi connectivity index (χ4v) is 1.65. The topological polar surface area (TPSA) is 69.2 Å². The molecule has 2 aromatic rings. The van der Waals surface area contributed by atoms with E-state index in [2.05, 4.69) is 20.3 Å². The second-order valence-electron chi connectivity index (χ2n) is 3.89. The summed E-state index contributed by atoms with van der Waals surface area (Å²) in [6.45, 7) is 2.79. The molecule has 1 aromatic heterocycles. The quantitative estimate of drug-likeness (QED) is 0.882. The maximum atomic E-state index is 5.86. The second kappa shape index (κ2) is 6.91. The van der Waals surface area contributed by atoms with Crippen molar-refractivity contribution in [1.29, 1.82) is 0 Å². The maximum Gasteiger partial charge on any atom is 0.328 e. The third kappa shape index (κ3) is 3.71. The Morgan fingerprint density at radius 2 is 1.90 bits per heavy atom. The van der Waals surface area contributed by atoms with Crippen LogP contribution in [-0.4, -0.2) is 28.6 Å². The molecule has 1 aromatic carbocycles. The van der Waals surface area contributed by atoms with Crippen molar-refractivity contribution in [2.75, 3.05) is 19.0 Å². The Hall–Kier alpha value is -2.08. The van der Waals surface area contributed by atoms with Gasteiger partial charge in [0.2, 0.25) is 11.2 Å². The van der Waals surface area contributed by atoms with Crippen LogP contribution in [0.25, 0.3) is 0 Å². The van der Waals surface area contributed by atoms with Crippen LogP contribution in [0.15, 0.2) is 24.3 Å². The lowest BCUT2D eigenvalue weighted by Crippen LogP contribution is -2.06. The number of methoxy groups -OCH3 is 1. The average molecular weight is 295 g/mol. The summed E-state index contributed by atoms with van der Waals surface area (Å²) >= 11 is 5.86. The van der Waals surface area contributed by atoms with Crippen molar-refractivity contribution in [2.24, 2.45) is 0 Å². The molecule has 0 amide bonds. The lowest BCUT2D eigenvalue weighted by atomic mass is 10.3. The number of nitrogens with one attached hydrogen (secondary N) is 1. The minimum absolute atomic E-state index is 0.0727. The van der Waals surface area contributed by atoms with Crippen molar-refractivity contribution in [1.82, 2.24) is 15.0 Å².